The minimum atomic E-state index is 0.697. The Labute approximate surface area is 96.9 Å². The van der Waals surface area contributed by atoms with Crippen LogP contribution in [0.2, 0.25) is 0 Å². The SMILES string of the molecule is c1cncc(N2CCCC3CCNC3C2)c1. The van der Waals surface area contributed by atoms with Gasteiger partial charge in [-0.25, -0.2) is 0 Å². The van der Waals surface area contributed by atoms with Gasteiger partial charge in [0.05, 0.1) is 11.9 Å². The lowest BCUT2D eigenvalue weighted by atomic mass is 9.97. The van der Waals surface area contributed by atoms with Gasteiger partial charge in [-0.2, -0.15) is 0 Å². The quantitative estimate of drug-likeness (QED) is 0.775. The molecule has 0 spiro atoms. The fraction of sp³-hybridized carbons (Fsp3) is 0.615. The van der Waals surface area contributed by atoms with Crippen molar-refractivity contribution in [3.8, 4) is 0 Å². The van der Waals surface area contributed by atoms with Crippen LogP contribution in [-0.4, -0.2) is 30.7 Å². The zero-order chi connectivity index (χ0) is 10.8. The Balaban J connectivity index is 1.76. The van der Waals surface area contributed by atoms with Gasteiger partial charge in [-0.3, -0.25) is 4.98 Å². The van der Waals surface area contributed by atoms with Crippen LogP contribution in [0, 0.1) is 5.92 Å². The molecule has 2 unspecified atom stereocenters. The standard InChI is InChI=1S/C13H19N3/c1-4-12(9-14-6-1)16-8-2-3-11-5-7-15-13(11)10-16/h1,4,6,9,11,13,15H,2-3,5,7-8,10H2. The second-order valence-electron chi connectivity index (χ2n) is 4.91. The van der Waals surface area contributed by atoms with Crippen LogP contribution in [0.4, 0.5) is 5.69 Å². The second-order valence-corrected chi connectivity index (χ2v) is 4.91. The van der Waals surface area contributed by atoms with Crippen molar-refractivity contribution < 1.29 is 0 Å². The Morgan fingerprint density at radius 2 is 2.38 bits per heavy atom. The van der Waals surface area contributed by atoms with Crippen molar-refractivity contribution in [2.45, 2.75) is 25.3 Å². The minimum absolute atomic E-state index is 0.697. The average molecular weight is 217 g/mol. The molecule has 1 N–H and O–H groups in total. The Kier molecular flexibility index (Phi) is 2.79. The number of anilines is 1. The maximum absolute atomic E-state index is 4.21. The first-order valence-electron chi connectivity index (χ1n) is 6.32. The molecule has 0 radical (unpaired) electrons. The summed E-state index contributed by atoms with van der Waals surface area (Å²) in [6, 6.07) is 4.89. The number of pyridine rings is 1. The molecule has 0 aromatic carbocycles. The smallest absolute Gasteiger partial charge is 0.0553 e. The van der Waals surface area contributed by atoms with E-state index in [0.29, 0.717) is 6.04 Å². The molecule has 3 heterocycles. The summed E-state index contributed by atoms with van der Waals surface area (Å²) >= 11 is 0. The van der Waals surface area contributed by atoms with Gasteiger partial charge in [0.25, 0.3) is 0 Å². The van der Waals surface area contributed by atoms with Gasteiger partial charge in [-0.15, -0.1) is 0 Å². The molecule has 0 saturated carbocycles. The lowest BCUT2D eigenvalue weighted by Crippen LogP contribution is -2.38. The molecule has 0 bridgehead atoms. The lowest BCUT2D eigenvalue weighted by molar-refractivity contribution is 0.445. The summed E-state index contributed by atoms with van der Waals surface area (Å²) in [7, 11) is 0. The van der Waals surface area contributed by atoms with Crippen molar-refractivity contribution in [3.05, 3.63) is 24.5 Å². The zero-order valence-corrected chi connectivity index (χ0v) is 9.60. The first kappa shape index (κ1) is 10.1. The Morgan fingerprint density at radius 3 is 3.25 bits per heavy atom. The number of aromatic nitrogens is 1. The molecular weight excluding hydrogens is 198 g/mol. The molecule has 3 nitrogen and oxygen atoms in total. The summed E-state index contributed by atoms with van der Waals surface area (Å²) in [6.07, 6.45) is 7.89. The molecule has 2 atom stereocenters. The van der Waals surface area contributed by atoms with Gasteiger partial charge in [-0.1, -0.05) is 0 Å². The second kappa shape index (κ2) is 4.42. The number of nitrogens with one attached hydrogen (secondary N) is 1. The highest BCUT2D eigenvalue weighted by Gasteiger charge is 2.30. The first-order valence-corrected chi connectivity index (χ1v) is 6.32. The summed E-state index contributed by atoms with van der Waals surface area (Å²) in [5.74, 6) is 0.904. The summed E-state index contributed by atoms with van der Waals surface area (Å²) in [5, 5.41) is 3.64. The highest BCUT2D eigenvalue weighted by Crippen LogP contribution is 2.27. The molecule has 2 fully saturated rings. The van der Waals surface area contributed by atoms with E-state index in [9.17, 15) is 0 Å². The number of nitrogens with zero attached hydrogens (tertiary/aromatic N) is 2. The molecule has 3 heteroatoms. The lowest BCUT2D eigenvalue weighted by Gasteiger charge is -2.26. The van der Waals surface area contributed by atoms with Gasteiger partial charge >= 0.3 is 0 Å². The summed E-state index contributed by atoms with van der Waals surface area (Å²) in [6.45, 7) is 3.53. The van der Waals surface area contributed by atoms with Crippen molar-refractivity contribution in [2.24, 2.45) is 5.92 Å². The van der Waals surface area contributed by atoms with Crippen molar-refractivity contribution in [1.29, 1.82) is 0 Å². The molecule has 16 heavy (non-hydrogen) atoms. The van der Waals surface area contributed by atoms with Crippen LogP contribution in [0.1, 0.15) is 19.3 Å². The van der Waals surface area contributed by atoms with Crippen molar-refractivity contribution in [1.82, 2.24) is 10.3 Å². The molecule has 1 aromatic rings. The fourth-order valence-corrected chi connectivity index (χ4v) is 3.03. The molecule has 2 saturated heterocycles. The largest absolute Gasteiger partial charge is 0.369 e. The normalized spacial score (nSPS) is 29.9. The van der Waals surface area contributed by atoms with Crippen LogP contribution >= 0.6 is 0 Å². The van der Waals surface area contributed by atoms with E-state index in [4.69, 9.17) is 0 Å². The van der Waals surface area contributed by atoms with E-state index < -0.39 is 0 Å². The maximum atomic E-state index is 4.21. The molecule has 1 aromatic heterocycles. The maximum Gasteiger partial charge on any atom is 0.0553 e. The average Bonchev–Trinajstić information content (AvgIpc) is 2.68. The van der Waals surface area contributed by atoms with E-state index in [1.54, 1.807) is 0 Å². The fourth-order valence-electron chi connectivity index (χ4n) is 3.03. The van der Waals surface area contributed by atoms with E-state index >= 15 is 0 Å². The Bertz CT molecular complexity index is 338. The van der Waals surface area contributed by atoms with Gasteiger partial charge in [0.2, 0.25) is 0 Å². The first-order chi connectivity index (χ1) is 7.93. The predicted octanol–water partition coefficient (Wildman–Crippen LogP) is 1.66. The summed E-state index contributed by atoms with van der Waals surface area (Å²) in [5.41, 5.74) is 1.27. The van der Waals surface area contributed by atoms with Gasteiger partial charge in [0.15, 0.2) is 0 Å². The van der Waals surface area contributed by atoms with E-state index in [1.165, 1.54) is 38.0 Å². The summed E-state index contributed by atoms with van der Waals surface area (Å²) in [4.78, 5) is 6.70. The summed E-state index contributed by atoms with van der Waals surface area (Å²) < 4.78 is 0. The van der Waals surface area contributed by atoms with Gasteiger partial charge < -0.3 is 10.2 Å². The topological polar surface area (TPSA) is 28.2 Å². The van der Waals surface area contributed by atoms with Gasteiger partial charge in [0, 0.05) is 25.3 Å². The minimum Gasteiger partial charge on any atom is -0.369 e. The van der Waals surface area contributed by atoms with Crippen LogP contribution in [0.5, 0.6) is 0 Å². The molecule has 86 valence electrons. The molecule has 2 aliphatic heterocycles. The van der Waals surface area contributed by atoms with Crippen LogP contribution in [0.15, 0.2) is 24.5 Å². The molecule has 0 aliphatic carbocycles. The predicted molar refractivity (Wildman–Crippen MR) is 65.6 cm³/mol. The number of hydrogen-bond donors (Lipinski definition) is 1. The van der Waals surface area contributed by atoms with Crippen LogP contribution < -0.4 is 10.2 Å². The number of hydrogen-bond acceptors (Lipinski definition) is 3. The highest BCUT2D eigenvalue weighted by atomic mass is 15.2. The molecule has 2 aliphatic rings. The van der Waals surface area contributed by atoms with Gasteiger partial charge in [-0.05, 0) is 43.9 Å². The third-order valence-corrected chi connectivity index (χ3v) is 3.92. The Hall–Kier alpha value is -1.09. The van der Waals surface area contributed by atoms with Crippen molar-refractivity contribution in [2.75, 3.05) is 24.5 Å². The van der Waals surface area contributed by atoms with E-state index in [2.05, 4.69) is 21.3 Å². The molecule has 0 amide bonds. The van der Waals surface area contributed by atoms with Crippen LogP contribution in [-0.2, 0) is 0 Å². The van der Waals surface area contributed by atoms with E-state index in [-0.39, 0.29) is 0 Å². The van der Waals surface area contributed by atoms with Crippen LogP contribution in [0.25, 0.3) is 0 Å². The molecule has 3 rings (SSSR count). The number of rotatable bonds is 1. The van der Waals surface area contributed by atoms with E-state index in [1.807, 2.05) is 18.5 Å². The van der Waals surface area contributed by atoms with Crippen molar-refractivity contribution in [3.63, 3.8) is 0 Å². The third kappa shape index (κ3) is 1.92. The van der Waals surface area contributed by atoms with Gasteiger partial charge in [0.1, 0.15) is 0 Å². The Morgan fingerprint density at radius 1 is 1.38 bits per heavy atom. The highest BCUT2D eigenvalue weighted by molar-refractivity contribution is 5.44. The molecular formula is C13H19N3. The van der Waals surface area contributed by atoms with Crippen molar-refractivity contribution >= 4 is 5.69 Å². The zero-order valence-electron chi connectivity index (χ0n) is 9.60. The monoisotopic (exact) mass is 217 g/mol. The number of fused-ring (bicyclic) bond motifs is 1. The third-order valence-electron chi connectivity index (χ3n) is 3.92. The van der Waals surface area contributed by atoms with Crippen LogP contribution in [0.3, 0.4) is 0 Å². The van der Waals surface area contributed by atoms with E-state index in [0.717, 1.165) is 12.5 Å².